The van der Waals surface area contributed by atoms with Crippen molar-refractivity contribution in [3.8, 4) is 0 Å². The Morgan fingerprint density at radius 1 is 0.697 bits per heavy atom. The van der Waals surface area contributed by atoms with Crippen LogP contribution in [0.3, 0.4) is 0 Å². The molecule has 2 aromatic rings. The van der Waals surface area contributed by atoms with Crippen LogP contribution in [0.1, 0.15) is 81.4 Å². The summed E-state index contributed by atoms with van der Waals surface area (Å²) >= 11 is 0. The van der Waals surface area contributed by atoms with Crippen LogP contribution < -0.4 is 0 Å². The van der Waals surface area contributed by atoms with Gasteiger partial charge >= 0.3 is 0 Å². The van der Waals surface area contributed by atoms with E-state index in [0.717, 1.165) is 17.9 Å². The number of ether oxygens (including phenoxy) is 2. The second-order valence-electron chi connectivity index (χ2n) is 8.34. The molecular weight excluding hydrogens is 485 g/mol. The first-order valence-corrected chi connectivity index (χ1v) is 16.8. The Labute approximate surface area is 217 Å². The zero-order chi connectivity index (χ0) is 23.9. The smallest absolute Gasteiger partial charge is 0.138 e. The van der Waals surface area contributed by atoms with Crippen LogP contribution in [0.25, 0.3) is 0 Å². The molecule has 0 aliphatic heterocycles. The van der Waals surface area contributed by atoms with E-state index < -0.39 is 0 Å². The van der Waals surface area contributed by atoms with Crippen molar-refractivity contribution < 1.29 is 9.47 Å². The molecule has 3 unspecified atom stereocenters. The van der Waals surface area contributed by atoms with Gasteiger partial charge in [0.15, 0.2) is 0 Å². The van der Waals surface area contributed by atoms with Crippen molar-refractivity contribution in [3.05, 3.63) is 71.3 Å². The summed E-state index contributed by atoms with van der Waals surface area (Å²) in [5.41, 5.74) is 3.90. The molecule has 0 bridgehead atoms. The highest BCUT2D eigenvalue weighted by Gasteiger charge is 2.18. The highest BCUT2D eigenvalue weighted by molar-refractivity contribution is 8.77. The van der Waals surface area contributed by atoms with Gasteiger partial charge in [-0.2, -0.15) is 0 Å². The highest BCUT2D eigenvalue weighted by atomic mass is 33.1. The minimum atomic E-state index is 0.0538. The predicted molar refractivity (Wildman–Crippen MR) is 154 cm³/mol. The summed E-state index contributed by atoms with van der Waals surface area (Å²) in [6, 6.07) is 19.5. The Balaban J connectivity index is 1.96. The molecule has 33 heavy (non-hydrogen) atoms. The van der Waals surface area contributed by atoms with Gasteiger partial charge in [0.05, 0.1) is 12.2 Å². The summed E-state index contributed by atoms with van der Waals surface area (Å²) in [4.78, 5) is 0. The summed E-state index contributed by atoms with van der Waals surface area (Å²) in [6.45, 7) is 10.8. The first kappa shape index (κ1) is 29.0. The van der Waals surface area contributed by atoms with Gasteiger partial charge in [-0.15, -0.1) is 0 Å². The van der Waals surface area contributed by atoms with Crippen LogP contribution in [0.5, 0.6) is 0 Å². The summed E-state index contributed by atoms with van der Waals surface area (Å²) in [6.07, 6.45) is 4.91. The standard InChI is InChI=1S/C27H40O2S4/c1-6-8-19-31-33-27(24-12-10-9-11-13-24)29-22(5)20-23-14-16-25(17-15-23)26(28-21(3)4)32-30-18-7-2/h9-17,21-22,26-27H,6-8,18-20H2,1-5H3. The normalized spacial score (nSPS) is 14.4. The fourth-order valence-corrected chi connectivity index (χ4v) is 8.24. The molecule has 6 heteroatoms. The van der Waals surface area contributed by atoms with Crippen molar-refractivity contribution in [1.29, 1.82) is 0 Å². The molecule has 0 amide bonds. The fraction of sp³-hybridized carbons (Fsp3) is 0.556. The van der Waals surface area contributed by atoms with Crippen LogP contribution in [0.2, 0.25) is 0 Å². The third kappa shape index (κ3) is 11.8. The van der Waals surface area contributed by atoms with E-state index >= 15 is 0 Å². The zero-order valence-electron chi connectivity index (χ0n) is 20.7. The largest absolute Gasteiger partial charge is 0.359 e. The number of rotatable bonds is 17. The monoisotopic (exact) mass is 524 g/mol. The van der Waals surface area contributed by atoms with Crippen molar-refractivity contribution in [2.24, 2.45) is 0 Å². The van der Waals surface area contributed by atoms with Crippen LogP contribution in [-0.4, -0.2) is 23.7 Å². The number of unbranched alkanes of at least 4 members (excludes halogenated alkanes) is 1. The van der Waals surface area contributed by atoms with Crippen molar-refractivity contribution >= 4 is 43.2 Å². The summed E-state index contributed by atoms with van der Waals surface area (Å²) in [5.74, 6) is 2.31. The fourth-order valence-electron chi connectivity index (χ4n) is 3.08. The average molecular weight is 525 g/mol. The van der Waals surface area contributed by atoms with Crippen LogP contribution in [0, 0.1) is 0 Å². The predicted octanol–water partition coefficient (Wildman–Crippen LogP) is 9.73. The third-order valence-corrected chi connectivity index (χ3v) is 10.1. The Kier molecular flexibility index (Phi) is 15.1. The van der Waals surface area contributed by atoms with E-state index in [2.05, 4.69) is 89.2 Å². The summed E-state index contributed by atoms with van der Waals surface area (Å²) < 4.78 is 12.7. The topological polar surface area (TPSA) is 18.5 Å². The van der Waals surface area contributed by atoms with E-state index in [1.165, 1.54) is 36.0 Å². The van der Waals surface area contributed by atoms with Crippen molar-refractivity contribution in [1.82, 2.24) is 0 Å². The van der Waals surface area contributed by atoms with Crippen LogP contribution in [0.4, 0.5) is 0 Å². The minimum Gasteiger partial charge on any atom is -0.359 e. The molecule has 0 aromatic heterocycles. The number of hydrogen-bond acceptors (Lipinski definition) is 6. The Morgan fingerprint density at radius 2 is 1.30 bits per heavy atom. The lowest BCUT2D eigenvalue weighted by Gasteiger charge is -2.23. The van der Waals surface area contributed by atoms with E-state index in [0.29, 0.717) is 0 Å². The van der Waals surface area contributed by atoms with Crippen molar-refractivity contribution in [2.45, 2.75) is 83.4 Å². The first-order chi connectivity index (χ1) is 16.0. The van der Waals surface area contributed by atoms with Gasteiger partial charge in [0, 0.05) is 11.5 Å². The van der Waals surface area contributed by atoms with E-state index in [1.54, 1.807) is 0 Å². The van der Waals surface area contributed by atoms with Crippen LogP contribution >= 0.6 is 43.2 Å². The Morgan fingerprint density at radius 3 is 1.91 bits per heavy atom. The van der Waals surface area contributed by atoms with E-state index in [-0.39, 0.29) is 23.1 Å². The molecule has 2 aromatic carbocycles. The quantitative estimate of drug-likeness (QED) is 0.116. The third-order valence-electron chi connectivity index (χ3n) is 4.78. The van der Waals surface area contributed by atoms with Gasteiger partial charge in [-0.1, -0.05) is 118 Å². The molecule has 2 rings (SSSR count). The lowest BCUT2D eigenvalue weighted by Crippen LogP contribution is -2.14. The highest BCUT2D eigenvalue weighted by Crippen LogP contribution is 2.41. The van der Waals surface area contributed by atoms with Gasteiger partial charge in [0.25, 0.3) is 0 Å². The van der Waals surface area contributed by atoms with Gasteiger partial charge in [0.2, 0.25) is 0 Å². The molecule has 0 saturated carbocycles. The van der Waals surface area contributed by atoms with E-state index in [9.17, 15) is 0 Å². The van der Waals surface area contributed by atoms with Gasteiger partial charge in [-0.05, 0) is 56.7 Å². The van der Waals surface area contributed by atoms with Crippen molar-refractivity contribution in [2.75, 3.05) is 11.5 Å². The van der Waals surface area contributed by atoms with Crippen LogP contribution in [-0.2, 0) is 15.9 Å². The first-order valence-electron chi connectivity index (χ1n) is 12.0. The maximum absolute atomic E-state index is 6.53. The molecule has 0 fully saturated rings. The average Bonchev–Trinajstić information content (AvgIpc) is 2.81. The molecule has 0 aliphatic carbocycles. The molecule has 2 nitrogen and oxygen atoms in total. The lowest BCUT2D eigenvalue weighted by molar-refractivity contribution is 0.0480. The molecule has 0 aliphatic rings. The van der Waals surface area contributed by atoms with Gasteiger partial charge in [0.1, 0.15) is 10.9 Å². The summed E-state index contributed by atoms with van der Waals surface area (Å²) in [7, 11) is 7.49. The van der Waals surface area contributed by atoms with Gasteiger partial charge in [-0.3, -0.25) is 0 Å². The molecule has 184 valence electrons. The van der Waals surface area contributed by atoms with Gasteiger partial charge in [-0.25, -0.2) is 0 Å². The molecule has 3 atom stereocenters. The molecule has 0 heterocycles. The zero-order valence-corrected chi connectivity index (χ0v) is 24.0. The number of hydrogen-bond donors (Lipinski definition) is 0. The van der Waals surface area contributed by atoms with E-state index in [1.807, 2.05) is 43.2 Å². The van der Waals surface area contributed by atoms with Gasteiger partial charge < -0.3 is 9.47 Å². The van der Waals surface area contributed by atoms with Crippen molar-refractivity contribution in [3.63, 3.8) is 0 Å². The summed E-state index contributed by atoms with van der Waals surface area (Å²) in [5, 5.41) is 0. The SMILES string of the molecule is CCCCSSC(OC(C)Cc1ccc(C(OC(C)C)SSCCC)cc1)c1ccccc1. The maximum atomic E-state index is 6.53. The Hall–Kier alpha value is -0.240. The maximum Gasteiger partial charge on any atom is 0.138 e. The molecule has 0 N–H and O–H groups in total. The van der Waals surface area contributed by atoms with Crippen LogP contribution in [0.15, 0.2) is 54.6 Å². The molecule has 0 spiro atoms. The van der Waals surface area contributed by atoms with E-state index in [4.69, 9.17) is 9.47 Å². The number of benzene rings is 2. The minimum absolute atomic E-state index is 0.0538. The Bertz CT molecular complexity index is 740. The second-order valence-corrected chi connectivity index (χ2v) is 13.4. The molecule has 0 radical (unpaired) electrons. The molecular formula is C27H40O2S4. The second kappa shape index (κ2) is 17.2. The molecule has 0 saturated heterocycles. The lowest BCUT2D eigenvalue weighted by atomic mass is 10.1.